The van der Waals surface area contributed by atoms with E-state index in [0.717, 1.165) is 0 Å². The van der Waals surface area contributed by atoms with Crippen LogP contribution in [0, 0.1) is 0 Å². The van der Waals surface area contributed by atoms with Crippen molar-refractivity contribution in [3.8, 4) is 0 Å². The third-order valence-electron chi connectivity index (χ3n) is 0. The van der Waals surface area contributed by atoms with E-state index < -0.39 is 0 Å². The molecule has 0 aromatic heterocycles. The molecular weight excluding hydrogens is 215 g/mol. The van der Waals surface area contributed by atoms with Crippen molar-refractivity contribution in [2.45, 2.75) is 0 Å². The maximum atomic E-state index is 0. The number of hydrogen-bond donors (Lipinski definition) is 0. The summed E-state index contributed by atoms with van der Waals surface area (Å²) in [5.74, 6) is 0. The van der Waals surface area contributed by atoms with Gasteiger partial charge < -0.3 is 0 Å². The van der Waals surface area contributed by atoms with Gasteiger partial charge in [-0.1, -0.05) is 0 Å². The third-order valence-corrected chi connectivity index (χ3v) is 0. The summed E-state index contributed by atoms with van der Waals surface area (Å²) >= 11 is 0. The van der Waals surface area contributed by atoms with Crippen LogP contribution in [0.5, 0.6) is 0 Å². The van der Waals surface area contributed by atoms with Crippen LogP contribution in [-0.4, -0.2) is 28.6 Å². The van der Waals surface area contributed by atoms with Crippen molar-refractivity contribution in [2.24, 2.45) is 0 Å². The Morgan fingerprint density at radius 3 is 1.00 bits per heavy atom. The first-order valence-electron chi connectivity index (χ1n) is 0. The van der Waals surface area contributed by atoms with E-state index in [0.29, 0.717) is 0 Å². The molecule has 0 bridgehead atoms. The monoisotopic (exact) mass is 224 g/mol. The molecule has 0 rings (SSSR count). The zero-order valence-corrected chi connectivity index (χ0v) is 2.93. The Kier molecular flexibility index (Phi) is 223. The van der Waals surface area contributed by atoms with Gasteiger partial charge in [-0.25, -0.2) is 0 Å². The Hall–Kier alpha value is 1.79. The van der Waals surface area contributed by atoms with Crippen LogP contribution in [0.1, 0.15) is 0 Å². The van der Waals surface area contributed by atoms with Gasteiger partial charge in [0.2, 0.25) is 0 Å². The average Bonchev–Trinajstić information content (AvgIpc) is 0. The van der Waals surface area contributed by atoms with Crippen LogP contribution in [0.3, 0.4) is 0 Å². The van der Waals surface area contributed by atoms with E-state index in [1.807, 2.05) is 0 Å². The Bertz CT molecular complexity index is 8.00. The molecule has 0 amide bonds. The predicted octanol–water partition coefficient (Wildman–Crippen LogP) is -2.91. The predicted molar refractivity (Wildman–Crippen MR) is 22.7 cm³/mol. The summed E-state index contributed by atoms with van der Waals surface area (Å²) in [5.41, 5.74) is 0. The van der Waals surface area contributed by atoms with E-state index in [4.69, 9.17) is 0 Å². The van der Waals surface area contributed by atoms with Gasteiger partial charge in [0.15, 0.2) is 0 Å². The van der Waals surface area contributed by atoms with Crippen molar-refractivity contribution in [3.05, 3.63) is 0 Å². The molecule has 2 radical (unpaired) electrons. The van der Waals surface area contributed by atoms with Gasteiger partial charge in [-0.3, -0.25) is 0 Å². The second-order valence-electron chi connectivity index (χ2n) is 0. The van der Waals surface area contributed by atoms with Crippen molar-refractivity contribution in [2.75, 3.05) is 0 Å². The van der Waals surface area contributed by atoms with E-state index >= 15 is 0 Å². The molecule has 0 saturated carbocycles. The van der Waals surface area contributed by atoms with Gasteiger partial charge in [-0.05, 0) is 11.0 Å². The minimum absolute atomic E-state index is 0. The maximum absolute atomic E-state index is 0. The van der Waals surface area contributed by atoms with Gasteiger partial charge in [0.1, 0.15) is 0 Å². The Morgan fingerprint density at radius 2 is 1.00 bits per heavy atom. The molecule has 0 fully saturated rings. The molecule has 4 heteroatoms. The smallest absolute Gasteiger partial charge is 0 e. The van der Waals surface area contributed by atoms with Crippen molar-refractivity contribution in [1.82, 2.24) is 0 Å². The molecular formula is H8CoGeMnSi. The van der Waals surface area contributed by atoms with E-state index in [9.17, 15) is 0 Å². The zero-order valence-electron chi connectivity index (χ0n) is 0.711. The Morgan fingerprint density at radius 1 is 1.00 bits per heavy atom. The van der Waals surface area contributed by atoms with Gasteiger partial charge >= 0.3 is 17.6 Å². The van der Waals surface area contributed by atoms with Crippen molar-refractivity contribution in [1.29, 1.82) is 0 Å². The van der Waals surface area contributed by atoms with Gasteiger partial charge in [-0.2, -0.15) is 0 Å². The Labute approximate surface area is 62.2 Å². The fraction of sp³-hybridized carbons (Fsp3) is 0. The first-order chi connectivity index (χ1) is 0. The van der Waals surface area contributed by atoms with Gasteiger partial charge in [-0.15, -0.1) is 0 Å². The van der Waals surface area contributed by atoms with Crippen LogP contribution in [0.4, 0.5) is 0 Å². The molecule has 0 heterocycles. The summed E-state index contributed by atoms with van der Waals surface area (Å²) < 4.78 is 0. The third kappa shape index (κ3) is 9.21. The molecule has 0 aliphatic rings. The quantitative estimate of drug-likeness (QED) is 0.386. The molecule has 4 heavy (non-hydrogen) atoms. The van der Waals surface area contributed by atoms with E-state index in [1.54, 1.807) is 0 Å². The summed E-state index contributed by atoms with van der Waals surface area (Å²) in [6.07, 6.45) is 0. The molecule has 0 spiro atoms. The number of rotatable bonds is 0. The number of hydrogen-bond acceptors (Lipinski definition) is 0. The summed E-state index contributed by atoms with van der Waals surface area (Å²) in [7, 11) is 0. The molecule has 0 aromatic carbocycles. The maximum Gasteiger partial charge on any atom is 0 e. The fourth-order valence-electron chi connectivity index (χ4n) is 0. The molecule has 0 saturated heterocycles. The SMILES string of the molecule is [Co].[GeH4].[Mn].[SiH4]. The molecule has 0 N–H and O–H groups in total. The molecule has 0 aliphatic heterocycles. The van der Waals surface area contributed by atoms with Crippen LogP contribution in [0.25, 0.3) is 0 Å². The summed E-state index contributed by atoms with van der Waals surface area (Å²) in [6, 6.07) is 0. The second kappa shape index (κ2) is 21.5. The van der Waals surface area contributed by atoms with E-state index in [1.165, 1.54) is 0 Å². The minimum Gasteiger partial charge on any atom is -0.0149 e. The molecule has 0 aliphatic carbocycles. The van der Waals surface area contributed by atoms with Gasteiger partial charge in [0, 0.05) is 33.8 Å². The first kappa shape index (κ1) is 41.6. The van der Waals surface area contributed by atoms with E-state index in [-0.39, 0.29) is 62.4 Å². The summed E-state index contributed by atoms with van der Waals surface area (Å²) in [6.45, 7) is 0. The van der Waals surface area contributed by atoms with Crippen molar-refractivity contribution >= 4 is 28.6 Å². The van der Waals surface area contributed by atoms with E-state index in [2.05, 4.69) is 0 Å². The van der Waals surface area contributed by atoms with Crippen LogP contribution in [-0.2, 0) is 33.8 Å². The van der Waals surface area contributed by atoms with Crippen LogP contribution >= 0.6 is 0 Å². The van der Waals surface area contributed by atoms with Crippen LogP contribution in [0.15, 0.2) is 0 Å². The molecule has 0 nitrogen and oxygen atoms in total. The summed E-state index contributed by atoms with van der Waals surface area (Å²) in [4.78, 5) is 0. The normalized spacial score (nSPS) is 0. The largest absolute Gasteiger partial charge is 0.0149 e. The average molecular weight is 223 g/mol. The Balaban J connectivity index is 0. The van der Waals surface area contributed by atoms with Gasteiger partial charge in [0.25, 0.3) is 0 Å². The van der Waals surface area contributed by atoms with Crippen LogP contribution < -0.4 is 0 Å². The van der Waals surface area contributed by atoms with Gasteiger partial charge in [0.05, 0.1) is 0 Å². The second-order valence-corrected chi connectivity index (χ2v) is 0. The molecule has 0 atom stereocenters. The minimum atomic E-state index is 0. The van der Waals surface area contributed by atoms with Crippen molar-refractivity contribution in [3.63, 3.8) is 0 Å². The zero-order chi connectivity index (χ0) is 0. The standard InChI is InChI=1S/Co.GeH4.Mn.H4Si/h;1H4;;1H4. The fourth-order valence-corrected chi connectivity index (χ4v) is 0. The molecule has 0 unspecified atom stereocenters. The molecule has 32 valence electrons. The van der Waals surface area contributed by atoms with Crippen LogP contribution in [0.2, 0.25) is 0 Å². The van der Waals surface area contributed by atoms with Crippen molar-refractivity contribution < 1.29 is 33.8 Å². The molecule has 0 aromatic rings. The topological polar surface area (TPSA) is 0 Å². The first-order valence-corrected chi connectivity index (χ1v) is 0. The summed E-state index contributed by atoms with van der Waals surface area (Å²) in [5, 5.41) is 0.